The lowest BCUT2D eigenvalue weighted by molar-refractivity contribution is 0.535. The van der Waals surface area contributed by atoms with Crippen LogP contribution in [0.1, 0.15) is 49.6 Å². The van der Waals surface area contributed by atoms with Gasteiger partial charge in [-0.15, -0.1) is 11.3 Å². The van der Waals surface area contributed by atoms with Gasteiger partial charge < -0.3 is 5.32 Å². The van der Waals surface area contributed by atoms with Gasteiger partial charge in [-0.05, 0) is 26.2 Å². The second-order valence-electron chi connectivity index (χ2n) is 5.38. The summed E-state index contributed by atoms with van der Waals surface area (Å²) in [5.41, 5.74) is 2.17. The first-order chi connectivity index (χ1) is 9.78. The van der Waals surface area contributed by atoms with E-state index in [-0.39, 0.29) is 0 Å². The average Bonchev–Trinajstić information content (AvgIpc) is 3.25. The minimum atomic E-state index is 0.545. The molecule has 1 N–H and O–H groups in total. The molecule has 1 saturated carbocycles. The number of nitrogens with one attached hydrogen (secondary N) is 1. The molecule has 5 heteroatoms. The van der Waals surface area contributed by atoms with E-state index in [2.05, 4.69) is 29.1 Å². The molecule has 0 bridgehead atoms. The molecule has 0 aromatic carbocycles. The molecule has 0 radical (unpaired) electrons. The van der Waals surface area contributed by atoms with Gasteiger partial charge in [0.1, 0.15) is 10.7 Å². The highest BCUT2D eigenvalue weighted by Crippen LogP contribution is 2.43. The molecule has 2 aromatic rings. The summed E-state index contributed by atoms with van der Waals surface area (Å²) in [6.07, 6.45) is 8.92. The van der Waals surface area contributed by atoms with Crippen molar-refractivity contribution in [3.05, 3.63) is 29.2 Å². The topological polar surface area (TPSA) is 50.7 Å². The van der Waals surface area contributed by atoms with E-state index in [4.69, 9.17) is 4.98 Å². The third kappa shape index (κ3) is 3.04. The van der Waals surface area contributed by atoms with Crippen molar-refractivity contribution in [2.45, 2.75) is 51.6 Å². The third-order valence-corrected chi connectivity index (χ3v) is 4.79. The number of nitrogens with zero attached hydrogens (tertiary/aromatic N) is 3. The van der Waals surface area contributed by atoms with E-state index in [1.165, 1.54) is 23.4 Å². The number of hydrogen-bond donors (Lipinski definition) is 1. The van der Waals surface area contributed by atoms with Crippen molar-refractivity contribution in [3.63, 3.8) is 0 Å². The van der Waals surface area contributed by atoms with Crippen molar-refractivity contribution in [1.82, 2.24) is 20.3 Å². The Balaban J connectivity index is 1.83. The van der Waals surface area contributed by atoms with Crippen molar-refractivity contribution >= 4 is 11.3 Å². The molecule has 0 aliphatic heterocycles. The predicted octanol–water partition coefficient (Wildman–Crippen LogP) is 3.37. The second kappa shape index (κ2) is 5.97. The number of hydrogen-bond acceptors (Lipinski definition) is 5. The highest BCUT2D eigenvalue weighted by Gasteiger charge is 2.30. The zero-order valence-electron chi connectivity index (χ0n) is 12.0. The zero-order valence-corrected chi connectivity index (χ0v) is 12.8. The standard InChI is InChI=1S/C15H20N4S/c1-3-10(2)18-9-13-14(11-4-5-11)19-15(20-13)12-8-16-6-7-17-12/h6-8,10-11,18H,3-5,9H2,1-2H3. The van der Waals surface area contributed by atoms with E-state index in [0.29, 0.717) is 12.0 Å². The van der Waals surface area contributed by atoms with Crippen molar-refractivity contribution in [2.24, 2.45) is 0 Å². The maximum absolute atomic E-state index is 4.82. The van der Waals surface area contributed by atoms with Gasteiger partial charge in [0, 0.05) is 35.8 Å². The molecule has 2 heterocycles. The Kier molecular flexibility index (Phi) is 4.08. The van der Waals surface area contributed by atoms with Crippen LogP contribution in [-0.4, -0.2) is 21.0 Å². The lowest BCUT2D eigenvalue weighted by atomic mass is 10.2. The molecule has 0 amide bonds. The van der Waals surface area contributed by atoms with Crippen LogP contribution in [0, 0.1) is 0 Å². The van der Waals surface area contributed by atoms with E-state index in [0.717, 1.165) is 23.7 Å². The predicted molar refractivity (Wildman–Crippen MR) is 81.7 cm³/mol. The molecule has 0 spiro atoms. The Hall–Kier alpha value is -1.33. The monoisotopic (exact) mass is 288 g/mol. The first kappa shape index (κ1) is 13.6. The van der Waals surface area contributed by atoms with Gasteiger partial charge in [0.25, 0.3) is 0 Å². The van der Waals surface area contributed by atoms with Crippen molar-refractivity contribution in [1.29, 1.82) is 0 Å². The minimum Gasteiger partial charge on any atom is -0.309 e. The molecule has 1 atom stereocenters. The number of rotatable bonds is 6. The van der Waals surface area contributed by atoms with Crippen molar-refractivity contribution in [3.8, 4) is 10.7 Å². The van der Waals surface area contributed by atoms with Crippen LogP contribution in [0.5, 0.6) is 0 Å². The zero-order chi connectivity index (χ0) is 13.9. The molecule has 106 valence electrons. The van der Waals surface area contributed by atoms with Gasteiger partial charge in [-0.1, -0.05) is 6.92 Å². The van der Waals surface area contributed by atoms with Crippen LogP contribution in [0.25, 0.3) is 10.7 Å². The van der Waals surface area contributed by atoms with E-state index in [1.807, 2.05) is 0 Å². The first-order valence-corrected chi connectivity index (χ1v) is 8.09. The quantitative estimate of drug-likeness (QED) is 0.885. The van der Waals surface area contributed by atoms with Gasteiger partial charge in [0.15, 0.2) is 0 Å². The van der Waals surface area contributed by atoms with Gasteiger partial charge >= 0.3 is 0 Å². The highest BCUT2D eigenvalue weighted by molar-refractivity contribution is 7.15. The Morgan fingerprint density at radius 3 is 2.90 bits per heavy atom. The summed E-state index contributed by atoms with van der Waals surface area (Å²) in [6.45, 7) is 5.34. The Labute approximate surface area is 123 Å². The van der Waals surface area contributed by atoms with Gasteiger partial charge in [0.05, 0.1) is 11.9 Å². The van der Waals surface area contributed by atoms with E-state index in [1.54, 1.807) is 29.9 Å². The summed E-state index contributed by atoms with van der Waals surface area (Å²) >= 11 is 1.76. The van der Waals surface area contributed by atoms with Gasteiger partial charge in [-0.3, -0.25) is 9.97 Å². The van der Waals surface area contributed by atoms with Gasteiger partial charge in [-0.25, -0.2) is 4.98 Å². The van der Waals surface area contributed by atoms with E-state index >= 15 is 0 Å². The molecule has 4 nitrogen and oxygen atoms in total. The van der Waals surface area contributed by atoms with E-state index < -0.39 is 0 Å². The van der Waals surface area contributed by atoms with Crippen LogP contribution in [0.2, 0.25) is 0 Å². The van der Waals surface area contributed by atoms with Crippen LogP contribution in [0.3, 0.4) is 0 Å². The largest absolute Gasteiger partial charge is 0.309 e. The third-order valence-electron chi connectivity index (χ3n) is 3.70. The minimum absolute atomic E-state index is 0.545. The molecular formula is C15H20N4S. The Bertz CT molecular complexity index is 563. The molecule has 1 fully saturated rings. The molecule has 2 aromatic heterocycles. The lowest BCUT2D eigenvalue weighted by Gasteiger charge is -2.10. The molecule has 1 unspecified atom stereocenters. The summed E-state index contributed by atoms with van der Waals surface area (Å²) in [7, 11) is 0. The van der Waals surface area contributed by atoms with Crippen molar-refractivity contribution in [2.75, 3.05) is 0 Å². The Morgan fingerprint density at radius 2 is 2.25 bits per heavy atom. The smallest absolute Gasteiger partial charge is 0.144 e. The summed E-state index contributed by atoms with van der Waals surface area (Å²) < 4.78 is 0. The summed E-state index contributed by atoms with van der Waals surface area (Å²) in [6, 6.07) is 0.545. The average molecular weight is 288 g/mol. The van der Waals surface area contributed by atoms with Crippen LogP contribution in [0.4, 0.5) is 0 Å². The first-order valence-electron chi connectivity index (χ1n) is 7.27. The van der Waals surface area contributed by atoms with Crippen molar-refractivity contribution < 1.29 is 0 Å². The fraction of sp³-hybridized carbons (Fsp3) is 0.533. The van der Waals surface area contributed by atoms with Gasteiger partial charge in [-0.2, -0.15) is 0 Å². The molecule has 0 saturated heterocycles. The number of thiazole rings is 1. The van der Waals surface area contributed by atoms with E-state index in [9.17, 15) is 0 Å². The molecular weight excluding hydrogens is 268 g/mol. The molecule has 3 rings (SSSR count). The lowest BCUT2D eigenvalue weighted by Crippen LogP contribution is -2.24. The van der Waals surface area contributed by atoms with Gasteiger partial charge in [0.2, 0.25) is 0 Å². The van der Waals surface area contributed by atoms with Crippen LogP contribution < -0.4 is 5.32 Å². The number of aromatic nitrogens is 3. The fourth-order valence-corrected chi connectivity index (χ4v) is 3.16. The second-order valence-corrected chi connectivity index (χ2v) is 6.47. The summed E-state index contributed by atoms with van der Waals surface area (Å²) in [5, 5.41) is 4.57. The molecule has 1 aliphatic rings. The Morgan fingerprint density at radius 1 is 1.40 bits per heavy atom. The maximum atomic E-state index is 4.82. The van der Waals surface area contributed by atoms with Crippen LogP contribution in [-0.2, 0) is 6.54 Å². The SMILES string of the molecule is CCC(C)NCc1sc(-c2cnccn2)nc1C1CC1. The molecule has 1 aliphatic carbocycles. The summed E-state index contributed by atoms with van der Waals surface area (Å²) in [5.74, 6) is 0.672. The fourth-order valence-electron chi connectivity index (χ4n) is 2.10. The van der Waals surface area contributed by atoms with Crippen LogP contribution in [0.15, 0.2) is 18.6 Å². The van der Waals surface area contributed by atoms with Crippen LogP contribution >= 0.6 is 11.3 Å². The summed E-state index contributed by atoms with van der Waals surface area (Å²) in [4.78, 5) is 14.7. The maximum Gasteiger partial charge on any atom is 0.144 e. The molecule has 20 heavy (non-hydrogen) atoms. The normalized spacial score (nSPS) is 16.3. The highest BCUT2D eigenvalue weighted by atomic mass is 32.1.